The zero-order chi connectivity index (χ0) is 9.83. The Morgan fingerprint density at radius 3 is 1.25 bits per heavy atom. The van der Waals surface area contributed by atoms with Crippen molar-refractivity contribution in [3.05, 3.63) is 0 Å². The lowest BCUT2D eigenvalue weighted by molar-refractivity contribution is 0.224. The van der Waals surface area contributed by atoms with Crippen molar-refractivity contribution in [1.82, 2.24) is 0 Å². The van der Waals surface area contributed by atoms with Crippen LogP contribution in [0.25, 0.3) is 0 Å². The minimum absolute atomic E-state index is 0.232. The van der Waals surface area contributed by atoms with Crippen molar-refractivity contribution >= 4 is 14.7 Å². The Hall–Kier alpha value is 0.380. The molecule has 0 unspecified atom stereocenters. The van der Waals surface area contributed by atoms with Crippen LogP contribution in [-0.4, -0.2) is 39.9 Å². The third-order valence-corrected chi connectivity index (χ3v) is 2.50. The summed E-state index contributed by atoms with van der Waals surface area (Å²) in [6.07, 6.45) is 0. The molecule has 0 saturated carbocycles. The molecule has 6 heteroatoms. The predicted molar refractivity (Wildman–Crippen MR) is 50.8 cm³/mol. The normalized spacial score (nSPS) is 13.3. The molecule has 0 spiro atoms. The summed E-state index contributed by atoms with van der Waals surface area (Å²) >= 11 is 0. The molecule has 4 nitrogen and oxygen atoms in total. The molecule has 0 aromatic rings. The van der Waals surface area contributed by atoms with Gasteiger partial charge in [-0.05, 0) is 0 Å². The highest BCUT2D eigenvalue weighted by atomic mass is 31.2. The van der Waals surface area contributed by atoms with Gasteiger partial charge in [0.2, 0.25) is 0 Å². The molecule has 12 heavy (non-hydrogen) atoms. The second-order valence-corrected chi connectivity index (χ2v) is 8.70. The van der Waals surface area contributed by atoms with Crippen molar-refractivity contribution in [3.63, 3.8) is 0 Å². The summed E-state index contributed by atoms with van der Waals surface area (Å²) in [5, 5.41) is 0. The highest BCUT2D eigenvalue weighted by Crippen LogP contribution is 2.39. The average molecular weight is 214 g/mol. The maximum absolute atomic E-state index is 11.0. The Bertz CT molecular complexity index is 190. The summed E-state index contributed by atoms with van der Waals surface area (Å²) in [7, 11) is -4.83. The van der Waals surface area contributed by atoms with Gasteiger partial charge in [-0.25, -0.2) is 0 Å². The SMILES string of the molecule is CP(C)(=O)OCCOP(C)(C)=O. The van der Waals surface area contributed by atoms with Crippen LogP contribution in [0.5, 0.6) is 0 Å². The summed E-state index contributed by atoms with van der Waals surface area (Å²) in [5.41, 5.74) is 0. The summed E-state index contributed by atoms with van der Waals surface area (Å²) in [6.45, 7) is 6.59. The minimum atomic E-state index is -2.42. The molecule has 0 fully saturated rings. The molecular formula is C6H16O4P2. The van der Waals surface area contributed by atoms with Crippen LogP contribution in [0, 0.1) is 0 Å². The summed E-state index contributed by atoms with van der Waals surface area (Å²) in [6, 6.07) is 0. The fourth-order valence-corrected chi connectivity index (χ4v) is 1.54. The first-order valence-electron chi connectivity index (χ1n) is 3.60. The Morgan fingerprint density at radius 1 is 0.833 bits per heavy atom. The zero-order valence-electron chi connectivity index (χ0n) is 7.94. The van der Waals surface area contributed by atoms with Crippen LogP contribution >= 0.6 is 14.7 Å². The van der Waals surface area contributed by atoms with Crippen LogP contribution < -0.4 is 0 Å². The van der Waals surface area contributed by atoms with Gasteiger partial charge in [-0.1, -0.05) is 0 Å². The van der Waals surface area contributed by atoms with Gasteiger partial charge in [0.15, 0.2) is 14.7 Å². The minimum Gasteiger partial charge on any atom is -0.326 e. The van der Waals surface area contributed by atoms with E-state index in [1.807, 2.05) is 0 Å². The van der Waals surface area contributed by atoms with Crippen molar-refractivity contribution in [2.45, 2.75) is 0 Å². The van der Waals surface area contributed by atoms with Crippen molar-refractivity contribution in [3.8, 4) is 0 Å². The van der Waals surface area contributed by atoms with Gasteiger partial charge in [-0.3, -0.25) is 9.13 Å². The molecule has 0 rings (SSSR count). The van der Waals surface area contributed by atoms with Gasteiger partial charge in [0.1, 0.15) is 0 Å². The summed E-state index contributed by atoms with van der Waals surface area (Å²) in [4.78, 5) is 0. The fourth-order valence-electron chi connectivity index (χ4n) is 0.514. The maximum atomic E-state index is 11.0. The standard InChI is InChI=1S/C6H16O4P2/c1-11(2,7)9-5-6-10-12(3,4)8/h5-6H2,1-4H3. The number of rotatable bonds is 5. The van der Waals surface area contributed by atoms with Crippen LogP contribution in [0.1, 0.15) is 0 Å². The third-order valence-electron chi connectivity index (χ3n) is 0.888. The van der Waals surface area contributed by atoms with Gasteiger partial charge in [-0.15, -0.1) is 0 Å². The molecule has 0 saturated heterocycles. The molecular weight excluding hydrogens is 198 g/mol. The molecule has 0 aromatic heterocycles. The smallest absolute Gasteiger partial charge is 0.197 e. The van der Waals surface area contributed by atoms with Gasteiger partial charge in [0, 0.05) is 26.7 Å². The summed E-state index contributed by atoms with van der Waals surface area (Å²) in [5.74, 6) is 0. The van der Waals surface area contributed by atoms with E-state index in [2.05, 4.69) is 0 Å². The lowest BCUT2D eigenvalue weighted by atomic mass is 10.8. The van der Waals surface area contributed by atoms with Crippen molar-refractivity contribution in [2.24, 2.45) is 0 Å². The van der Waals surface area contributed by atoms with E-state index in [0.29, 0.717) is 0 Å². The quantitative estimate of drug-likeness (QED) is 0.519. The molecule has 0 N–H and O–H groups in total. The Kier molecular flexibility index (Phi) is 4.71. The van der Waals surface area contributed by atoms with E-state index in [4.69, 9.17) is 9.05 Å². The van der Waals surface area contributed by atoms with E-state index >= 15 is 0 Å². The highest BCUT2D eigenvalue weighted by molar-refractivity contribution is 7.57. The molecule has 0 amide bonds. The van der Waals surface area contributed by atoms with E-state index < -0.39 is 14.7 Å². The molecule has 0 heterocycles. The first kappa shape index (κ1) is 12.4. The topological polar surface area (TPSA) is 52.6 Å². The van der Waals surface area contributed by atoms with E-state index in [9.17, 15) is 9.13 Å². The monoisotopic (exact) mass is 214 g/mol. The van der Waals surface area contributed by atoms with Crippen molar-refractivity contribution in [2.75, 3.05) is 39.9 Å². The van der Waals surface area contributed by atoms with Crippen molar-refractivity contribution < 1.29 is 18.2 Å². The first-order chi connectivity index (χ1) is 5.21. The van der Waals surface area contributed by atoms with Gasteiger partial charge in [0.25, 0.3) is 0 Å². The Balaban J connectivity index is 3.48. The van der Waals surface area contributed by atoms with Gasteiger partial charge < -0.3 is 9.05 Å². The van der Waals surface area contributed by atoms with E-state index in [1.165, 1.54) is 26.7 Å². The second kappa shape index (κ2) is 4.57. The van der Waals surface area contributed by atoms with Gasteiger partial charge in [-0.2, -0.15) is 0 Å². The molecule has 0 radical (unpaired) electrons. The van der Waals surface area contributed by atoms with E-state index in [1.54, 1.807) is 0 Å². The van der Waals surface area contributed by atoms with Crippen LogP contribution in [0.2, 0.25) is 0 Å². The lowest BCUT2D eigenvalue weighted by Gasteiger charge is -2.10. The molecule has 0 aliphatic heterocycles. The molecule has 0 aliphatic rings. The second-order valence-electron chi connectivity index (χ2n) is 3.17. The average Bonchev–Trinajstić information content (AvgIpc) is 1.76. The molecule has 0 atom stereocenters. The molecule has 0 aromatic carbocycles. The lowest BCUT2D eigenvalue weighted by Crippen LogP contribution is -2.00. The van der Waals surface area contributed by atoms with Crippen LogP contribution in [0.15, 0.2) is 0 Å². The van der Waals surface area contributed by atoms with Gasteiger partial charge in [0.05, 0.1) is 13.2 Å². The van der Waals surface area contributed by atoms with Crippen LogP contribution in [0.3, 0.4) is 0 Å². The zero-order valence-corrected chi connectivity index (χ0v) is 9.73. The fraction of sp³-hybridized carbons (Fsp3) is 1.00. The molecule has 0 aliphatic carbocycles. The first-order valence-corrected chi connectivity index (χ1v) is 8.63. The van der Waals surface area contributed by atoms with E-state index in [-0.39, 0.29) is 13.2 Å². The third kappa shape index (κ3) is 10.4. The van der Waals surface area contributed by atoms with Crippen molar-refractivity contribution in [1.29, 1.82) is 0 Å². The molecule has 74 valence electrons. The highest BCUT2D eigenvalue weighted by Gasteiger charge is 2.09. The van der Waals surface area contributed by atoms with Gasteiger partial charge >= 0.3 is 0 Å². The van der Waals surface area contributed by atoms with E-state index in [0.717, 1.165) is 0 Å². The summed E-state index contributed by atoms with van der Waals surface area (Å²) < 4.78 is 31.9. The van der Waals surface area contributed by atoms with Crippen LogP contribution in [-0.2, 0) is 18.2 Å². The number of hydrogen-bond donors (Lipinski definition) is 0. The molecule has 0 bridgehead atoms. The predicted octanol–water partition coefficient (Wildman–Crippen LogP) is 2.09. The van der Waals surface area contributed by atoms with Crippen LogP contribution in [0.4, 0.5) is 0 Å². The largest absolute Gasteiger partial charge is 0.326 e. The Morgan fingerprint density at radius 2 is 1.08 bits per heavy atom. The Labute approximate surface area is 73.5 Å². The number of hydrogen-bond acceptors (Lipinski definition) is 4. The maximum Gasteiger partial charge on any atom is 0.197 e.